The molecular weight excluding hydrogens is 436 g/mol. The van der Waals surface area contributed by atoms with Crippen LogP contribution >= 0.6 is 0 Å². The summed E-state index contributed by atoms with van der Waals surface area (Å²) in [6, 6.07) is 16.2. The van der Waals surface area contributed by atoms with Crippen LogP contribution in [0.5, 0.6) is 0 Å². The molecule has 2 heterocycles. The quantitative estimate of drug-likeness (QED) is 0.327. The van der Waals surface area contributed by atoms with Crippen molar-refractivity contribution in [2.75, 3.05) is 11.5 Å². The topological polar surface area (TPSA) is 51.5 Å². The lowest BCUT2D eigenvalue weighted by atomic mass is 10.0. The van der Waals surface area contributed by atoms with E-state index in [1.165, 1.54) is 11.1 Å². The monoisotopic (exact) mass is 468 g/mol. The predicted molar refractivity (Wildman–Crippen MR) is 141 cm³/mol. The number of aromatic nitrogens is 1. The van der Waals surface area contributed by atoms with Crippen LogP contribution in [-0.2, 0) is 14.3 Å². The van der Waals surface area contributed by atoms with Crippen molar-refractivity contribution in [1.82, 2.24) is 4.57 Å². The lowest BCUT2D eigenvalue weighted by Gasteiger charge is -2.18. The zero-order valence-corrected chi connectivity index (χ0v) is 21.5. The Kier molecular flexibility index (Phi) is 6.53. The van der Waals surface area contributed by atoms with Crippen molar-refractivity contribution in [2.45, 2.75) is 48.5 Å². The Hall–Kier alpha value is -3.86. The van der Waals surface area contributed by atoms with Gasteiger partial charge in [-0.1, -0.05) is 23.8 Å². The number of hydrogen-bond acceptors (Lipinski definition) is 3. The molecule has 0 radical (unpaired) electrons. The van der Waals surface area contributed by atoms with Crippen LogP contribution in [0.2, 0.25) is 0 Å². The number of carbonyl (C=O) groups is 2. The summed E-state index contributed by atoms with van der Waals surface area (Å²) < 4.78 is 7.53. The summed E-state index contributed by atoms with van der Waals surface area (Å²) >= 11 is 0. The van der Waals surface area contributed by atoms with E-state index in [0.29, 0.717) is 16.8 Å². The molecule has 0 saturated heterocycles. The van der Waals surface area contributed by atoms with Crippen molar-refractivity contribution in [1.29, 1.82) is 0 Å². The Morgan fingerprint density at radius 2 is 1.49 bits per heavy atom. The summed E-state index contributed by atoms with van der Waals surface area (Å²) in [5, 5.41) is 0. The smallest absolute Gasteiger partial charge is 0.340 e. The summed E-state index contributed by atoms with van der Waals surface area (Å²) in [7, 11) is 0. The minimum Gasteiger partial charge on any atom is -0.462 e. The standard InChI is InChI=1S/C30H32N2O3/c1-8-35-30(34)28-23(7)32(25-11-9-18(2)10-12-25)29(33)27(28)17-24-16-21(5)31(22(24)6)26-14-19(3)13-20(4)15-26/h9-17H,8H2,1-7H3/b27-17-. The highest BCUT2D eigenvalue weighted by atomic mass is 16.5. The third kappa shape index (κ3) is 4.46. The van der Waals surface area contributed by atoms with Gasteiger partial charge in [0.2, 0.25) is 0 Å². The van der Waals surface area contributed by atoms with Crippen molar-refractivity contribution >= 4 is 23.6 Å². The average molecular weight is 469 g/mol. The largest absolute Gasteiger partial charge is 0.462 e. The molecule has 4 rings (SSSR count). The highest BCUT2D eigenvalue weighted by Crippen LogP contribution is 2.36. The molecule has 0 atom stereocenters. The van der Waals surface area contributed by atoms with Gasteiger partial charge in [-0.05, 0) is 102 Å². The number of benzene rings is 2. The van der Waals surface area contributed by atoms with Crippen LogP contribution in [0.3, 0.4) is 0 Å². The summed E-state index contributed by atoms with van der Waals surface area (Å²) in [6.07, 6.45) is 1.83. The van der Waals surface area contributed by atoms with Gasteiger partial charge >= 0.3 is 5.97 Å². The minimum absolute atomic E-state index is 0.231. The molecule has 35 heavy (non-hydrogen) atoms. The lowest BCUT2D eigenvalue weighted by Crippen LogP contribution is -2.24. The van der Waals surface area contributed by atoms with E-state index in [9.17, 15) is 9.59 Å². The first kappa shape index (κ1) is 24.3. The fourth-order valence-corrected chi connectivity index (χ4v) is 4.85. The van der Waals surface area contributed by atoms with E-state index in [4.69, 9.17) is 4.74 Å². The maximum absolute atomic E-state index is 13.7. The number of allylic oxidation sites excluding steroid dienone is 1. The number of ether oxygens (including phenoxy) is 1. The molecule has 2 aromatic carbocycles. The van der Waals surface area contributed by atoms with Gasteiger partial charge in [0.1, 0.15) is 0 Å². The van der Waals surface area contributed by atoms with Crippen LogP contribution in [0.25, 0.3) is 11.8 Å². The molecular formula is C30H32N2O3. The molecule has 0 spiro atoms. The predicted octanol–water partition coefficient (Wildman–Crippen LogP) is 6.29. The normalized spacial score (nSPS) is 14.9. The Morgan fingerprint density at radius 3 is 2.09 bits per heavy atom. The van der Waals surface area contributed by atoms with Crippen LogP contribution in [0, 0.1) is 34.6 Å². The van der Waals surface area contributed by atoms with Gasteiger partial charge in [-0.25, -0.2) is 4.79 Å². The SMILES string of the molecule is CCOC(=O)C1=C(C)N(c2ccc(C)cc2)C(=O)/C1=C\c1cc(C)n(-c2cc(C)cc(C)c2)c1C. The number of nitrogens with zero attached hydrogens (tertiary/aromatic N) is 2. The van der Waals surface area contributed by atoms with Crippen molar-refractivity contribution in [2.24, 2.45) is 0 Å². The zero-order chi connectivity index (χ0) is 25.4. The van der Waals surface area contributed by atoms with Crippen molar-refractivity contribution in [3.8, 4) is 5.69 Å². The van der Waals surface area contributed by atoms with Gasteiger partial charge in [0, 0.05) is 28.5 Å². The highest BCUT2D eigenvalue weighted by molar-refractivity contribution is 6.23. The summed E-state index contributed by atoms with van der Waals surface area (Å²) in [5.41, 5.74) is 9.48. The Morgan fingerprint density at radius 1 is 0.857 bits per heavy atom. The van der Waals surface area contributed by atoms with Crippen LogP contribution in [0.15, 0.2) is 65.4 Å². The number of esters is 1. The van der Waals surface area contributed by atoms with E-state index >= 15 is 0 Å². The van der Waals surface area contributed by atoms with Crippen molar-refractivity contribution in [3.63, 3.8) is 0 Å². The summed E-state index contributed by atoms with van der Waals surface area (Å²) in [4.78, 5) is 28.3. The van der Waals surface area contributed by atoms with Crippen molar-refractivity contribution in [3.05, 3.63) is 99.0 Å². The number of aryl methyl sites for hydroxylation is 4. The van der Waals surface area contributed by atoms with Gasteiger partial charge in [-0.15, -0.1) is 0 Å². The summed E-state index contributed by atoms with van der Waals surface area (Å²) in [5.74, 6) is -0.715. The fourth-order valence-electron chi connectivity index (χ4n) is 4.85. The molecule has 0 unspecified atom stereocenters. The van der Waals surface area contributed by atoms with Crippen molar-refractivity contribution < 1.29 is 14.3 Å². The van der Waals surface area contributed by atoms with Crippen LogP contribution in [0.4, 0.5) is 5.69 Å². The second kappa shape index (κ2) is 9.41. The number of carbonyl (C=O) groups excluding carboxylic acids is 2. The second-order valence-electron chi connectivity index (χ2n) is 9.22. The van der Waals surface area contributed by atoms with E-state index in [1.54, 1.807) is 18.7 Å². The maximum Gasteiger partial charge on any atom is 0.340 e. The molecule has 1 aromatic heterocycles. The van der Waals surface area contributed by atoms with Gasteiger partial charge in [-0.2, -0.15) is 0 Å². The second-order valence-corrected chi connectivity index (χ2v) is 9.22. The number of amides is 1. The van der Waals surface area contributed by atoms with E-state index in [1.807, 2.05) is 44.2 Å². The molecule has 5 heteroatoms. The molecule has 0 fully saturated rings. The van der Waals surface area contributed by atoms with Gasteiger partial charge in [0.15, 0.2) is 0 Å². The number of hydrogen-bond donors (Lipinski definition) is 0. The minimum atomic E-state index is -0.484. The maximum atomic E-state index is 13.7. The molecule has 1 aliphatic rings. The molecule has 0 saturated carbocycles. The Labute approximate surface area is 207 Å². The lowest BCUT2D eigenvalue weighted by molar-refractivity contribution is -0.138. The van der Waals surface area contributed by atoms with Gasteiger partial charge in [0.25, 0.3) is 5.91 Å². The first-order chi connectivity index (χ1) is 16.6. The molecule has 3 aromatic rings. The van der Waals surface area contributed by atoms with Crippen LogP contribution in [0.1, 0.15) is 47.5 Å². The molecule has 5 nitrogen and oxygen atoms in total. The van der Waals surface area contributed by atoms with Gasteiger partial charge in [0.05, 0.1) is 17.8 Å². The van der Waals surface area contributed by atoms with Crippen LogP contribution < -0.4 is 4.90 Å². The molecule has 180 valence electrons. The first-order valence-corrected chi connectivity index (χ1v) is 11.9. The highest BCUT2D eigenvalue weighted by Gasteiger charge is 2.38. The molecule has 0 aliphatic carbocycles. The Balaban J connectivity index is 1.85. The number of rotatable bonds is 5. The summed E-state index contributed by atoms with van der Waals surface area (Å²) in [6.45, 7) is 14.1. The molecule has 1 amide bonds. The third-order valence-corrected chi connectivity index (χ3v) is 6.41. The van der Waals surface area contributed by atoms with Crippen LogP contribution in [-0.4, -0.2) is 23.1 Å². The van der Waals surface area contributed by atoms with E-state index in [0.717, 1.165) is 33.9 Å². The van der Waals surface area contributed by atoms with Gasteiger partial charge in [-0.3, -0.25) is 9.69 Å². The molecule has 0 bridgehead atoms. The number of anilines is 1. The van der Waals surface area contributed by atoms with E-state index < -0.39 is 5.97 Å². The molecule has 0 N–H and O–H groups in total. The average Bonchev–Trinajstić information content (AvgIpc) is 3.20. The molecule has 1 aliphatic heterocycles. The fraction of sp³-hybridized carbons (Fsp3) is 0.267. The Bertz CT molecular complexity index is 1370. The van der Waals surface area contributed by atoms with Gasteiger partial charge < -0.3 is 9.30 Å². The van der Waals surface area contributed by atoms with E-state index in [-0.39, 0.29) is 12.5 Å². The first-order valence-electron chi connectivity index (χ1n) is 11.9. The van der Waals surface area contributed by atoms with E-state index in [2.05, 4.69) is 49.6 Å². The third-order valence-electron chi connectivity index (χ3n) is 6.41. The zero-order valence-electron chi connectivity index (χ0n) is 21.5.